The molecule has 0 aromatic heterocycles. The van der Waals surface area contributed by atoms with Gasteiger partial charge in [-0.25, -0.2) is 13.1 Å². The molecule has 5 nitrogen and oxygen atoms in total. The molecule has 122 valence electrons. The van der Waals surface area contributed by atoms with E-state index in [9.17, 15) is 13.2 Å². The lowest BCUT2D eigenvalue weighted by Crippen LogP contribution is -2.48. The van der Waals surface area contributed by atoms with E-state index in [0.29, 0.717) is 10.8 Å². The van der Waals surface area contributed by atoms with Gasteiger partial charge in [-0.3, -0.25) is 4.79 Å². The average Bonchev–Trinajstić information content (AvgIpc) is 2.50. The molecular weight excluding hydrogens is 338 g/mol. The van der Waals surface area contributed by atoms with Crippen molar-refractivity contribution in [2.45, 2.75) is 24.3 Å². The first-order chi connectivity index (χ1) is 10.7. The number of benzene rings is 2. The lowest BCUT2D eigenvalue weighted by atomic mass is 10.1. The van der Waals surface area contributed by atoms with Gasteiger partial charge in [-0.2, -0.15) is 0 Å². The average molecular weight is 354 g/mol. The Morgan fingerprint density at radius 2 is 1.61 bits per heavy atom. The summed E-state index contributed by atoms with van der Waals surface area (Å²) >= 11 is 5.79. The van der Waals surface area contributed by atoms with Crippen molar-refractivity contribution in [3.8, 4) is 5.75 Å². The maximum atomic E-state index is 12.3. The third-order valence-electron chi connectivity index (χ3n) is 3.01. The number of ether oxygens (including phenoxy) is 1. The monoisotopic (exact) mass is 353 g/mol. The van der Waals surface area contributed by atoms with Crippen LogP contribution in [0.15, 0.2) is 59.5 Å². The Morgan fingerprint density at radius 3 is 2.17 bits per heavy atom. The van der Waals surface area contributed by atoms with Crippen molar-refractivity contribution in [2.24, 2.45) is 0 Å². The van der Waals surface area contributed by atoms with E-state index in [0.717, 1.165) is 0 Å². The maximum absolute atomic E-state index is 12.3. The second-order valence-electron chi connectivity index (χ2n) is 5.31. The minimum Gasteiger partial charge on any atom is -0.478 e. The minimum atomic E-state index is -3.94. The molecule has 0 heterocycles. The predicted octanol–water partition coefficient (Wildman–Crippen LogP) is 3.00. The molecule has 2 aromatic rings. The van der Waals surface area contributed by atoms with Crippen LogP contribution in [0.3, 0.4) is 0 Å². The van der Waals surface area contributed by atoms with E-state index in [1.807, 2.05) is 4.72 Å². The molecule has 0 aliphatic carbocycles. The fraction of sp³-hybridized carbons (Fsp3) is 0.188. The smallest absolute Gasteiger partial charge is 0.277 e. The molecule has 0 aliphatic rings. The fourth-order valence-corrected chi connectivity index (χ4v) is 3.00. The molecule has 7 heteroatoms. The number of amides is 1. The van der Waals surface area contributed by atoms with Gasteiger partial charge in [-0.1, -0.05) is 29.8 Å². The Hall–Kier alpha value is -2.05. The van der Waals surface area contributed by atoms with E-state index in [1.54, 1.807) is 42.5 Å². The van der Waals surface area contributed by atoms with Gasteiger partial charge in [0.15, 0.2) is 5.60 Å². The van der Waals surface area contributed by atoms with Crippen molar-refractivity contribution in [1.29, 1.82) is 0 Å². The van der Waals surface area contributed by atoms with Crippen LogP contribution in [0.1, 0.15) is 13.8 Å². The number of rotatable bonds is 5. The Bertz CT molecular complexity index is 787. The van der Waals surface area contributed by atoms with E-state index in [4.69, 9.17) is 16.3 Å². The van der Waals surface area contributed by atoms with Crippen molar-refractivity contribution >= 4 is 27.5 Å². The standard InChI is InChI=1S/C16H16ClNO4S/c1-16(2,22-13-10-8-12(17)9-11-13)15(19)18-23(20,21)14-6-4-3-5-7-14/h3-11H,1-2H3,(H,18,19). The van der Waals surface area contributed by atoms with Gasteiger partial charge >= 0.3 is 0 Å². The molecule has 0 saturated carbocycles. The summed E-state index contributed by atoms with van der Waals surface area (Å²) in [7, 11) is -3.94. The normalized spacial score (nSPS) is 11.8. The summed E-state index contributed by atoms with van der Waals surface area (Å²) in [5.74, 6) is -0.358. The lowest BCUT2D eigenvalue weighted by molar-refractivity contribution is -0.132. The zero-order valence-corrected chi connectivity index (χ0v) is 14.2. The summed E-state index contributed by atoms with van der Waals surface area (Å²) in [4.78, 5) is 12.3. The van der Waals surface area contributed by atoms with Crippen LogP contribution in [0.25, 0.3) is 0 Å². The van der Waals surface area contributed by atoms with Gasteiger partial charge < -0.3 is 4.74 Å². The number of carbonyl (C=O) groups excluding carboxylic acids is 1. The number of hydrogen-bond acceptors (Lipinski definition) is 4. The molecule has 0 spiro atoms. The minimum absolute atomic E-state index is 0.00985. The Kier molecular flexibility index (Phi) is 4.97. The summed E-state index contributed by atoms with van der Waals surface area (Å²) < 4.78 is 32.0. The van der Waals surface area contributed by atoms with E-state index >= 15 is 0 Å². The number of hydrogen-bond donors (Lipinski definition) is 1. The summed E-state index contributed by atoms with van der Waals surface area (Å²) in [6, 6.07) is 14.1. The Labute approximate surface area is 140 Å². The molecule has 0 fully saturated rings. The molecule has 0 bridgehead atoms. The third-order valence-corrected chi connectivity index (χ3v) is 4.61. The molecular formula is C16H16ClNO4S. The van der Waals surface area contributed by atoms with Crippen molar-refractivity contribution in [3.05, 3.63) is 59.6 Å². The molecule has 0 unspecified atom stereocenters. The number of carbonyl (C=O) groups is 1. The van der Waals surface area contributed by atoms with E-state index in [2.05, 4.69) is 0 Å². The van der Waals surface area contributed by atoms with Gasteiger partial charge in [0.1, 0.15) is 5.75 Å². The summed E-state index contributed by atoms with van der Waals surface area (Å²) in [5, 5.41) is 0.534. The Balaban J connectivity index is 2.14. The van der Waals surface area contributed by atoms with Crippen LogP contribution in [0.4, 0.5) is 0 Å². The zero-order chi connectivity index (χ0) is 17.1. The number of nitrogens with one attached hydrogen (secondary N) is 1. The third kappa shape index (κ3) is 4.46. The Morgan fingerprint density at radius 1 is 1.04 bits per heavy atom. The molecule has 23 heavy (non-hydrogen) atoms. The van der Waals surface area contributed by atoms with Crippen LogP contribution in [-0.2, 0) is 14.8 Å². The lowest BCUT2D eigenvalue weighted by Gasteiger charge is -2.25. The quantitative estimate of drug-likeness (QED) is 0.896. The SMILES string of the molecule is CC(C)(Oc1ccc(Cl)cc1)C(=O)NS(=O)(=O)c1ccccc1. The highest BCUT2D eigenvalue weighted by Crippen LogP contribution is 2.21. The van der Waals surface area contributed by atoms with Crippen molar-refractivity contribution < 1.29 is 17.9 Å². The highest BCUT2D eigenvalue weighted by molar-refractivity contribution is 7.90. The van der Waals surface area contributed by atoms with Crippen LogP contribution in [0.5, 0.6) is 5.75 Å². The van der Waals surface area contributed by atoms with Crippen molar-refractivity contribution in [1.82, 2.24) is 4.72 Å². The maximum Gasteiger partial charge on any atom is 0.277 e. The molecule has 2 rings (SSSR count). The zero-order valence-electron chi connectivity index (χ0n) is 12.6. The number of halogens is 1. The highest BCUT2D eigenvalue weighted by Gasteiger charge is 2.33. The van der Waals surface area contributed by atoms with Crippen LogP contribution in [0, 0.1) is 0 Å². The second kappa shape index (κ2) is 6.60. The topological polar surface area (TPSA) is 72.5 Å². The largest absolute Gasteiger partial charge is 0.478 e. The summed E-state index contributed by atoms with van der Waals surface area (Å²) in [6.07, 6.45) is 0. The highest BCUT2D eigenvalue weighted by atomic mass is 35.5. The van der Waals surface area contributed by atoms with Gasteiger partial charge in [0, 0.05) is 5.02 Å². The number of sulfonamides is 1. The molecule has 0 aliphatic heterocycles. The van der Waals surface area contributed by atoms with Crippen LogP contribution < -0.4 is 9.46 Å². The van der Waals surface area contributed by atoms with Crippen LogP contribution in [0.2, 0.25) is 5.02 Å². The molecule has 0 radical (unpaired) electrons. The van der Waals surface area contributed by atoms with Gasteiger partial charge in [0.2, 0.25) is 0 Å². The first-order valence-corrected chi connectivity index (χ1v) is 8.64. The fourth-order valence-electron chi connectivity index (χ4n) is 1.75. The molecule has 0 atom stereocenters. The van der Waals surface area contributed by atoms with E-state index in [1.165, 1.54) is 26.0 Å². The van der Waals surface area contributed by atoms with E-state index < -0.39 is 21.5 Å². The molecule has 2 aromatic carbocycles. The predicted molar refractivity (Wildman–Crippen MR) is 87.9 cm³/mol. The van der Waals surface area contributed by atoms with Crippen molar-refractivity contribution in [2.75, 3.05) is 0 Å². The first-order valence-electron chi connectivity index (χ1n) is 6.77. The first kappa shape index (κ1) is 17.3. The van der Waals surface area contributed by atoms with Gasteiger partial charge in [0.25, 0.3) is 15.9 Å². The van der Waals surface area contributed by atoms with Gasteiger partial charge in [-0.05, 0) is 50.2 Å². The van der Waals surface area contributed by atoms with E-state index in [-0.39, 0.29) is 4.90 Å². The molecule has 0 saturated heterocycles. The molecule has 1 N–H and O–H groups in total. The van der Waals surface area contributed by atoms with Crippen LogP contribution in [-0.4, -0.2) is 19.9 Å². The molecule has 1 amide bonds. The van der Waals surface area contributed by atoms with Crippen molar-refractivity contribution in [3.63, 3.8) is 0 Å². The van der Waals surface area contributed by atoms with Crippen LogP contribution >= 0.6 is 11.6 Å². The second-order valence-corrected chi connectivity index (χ2v) is 7.43. The summed E-state index contributed by atoms with van der Waals surface area (Å²) in [5.41, 5.74) is -1.38. The van der Waals surface area contributed by atoms with Gasteiger partial charge in [0.05, 0.1) is 4.90 Å². The van der Waals surface area contributed by atoms with Gasteiger partial charge in [-0.15, -0.1) is 0 Å². The summed E-state index contributed by atoms with van der Waals surface area (Å²) in [6.45, 7) is 2.97.